The number of aliphatic hydroxyl groups is 1. The minimum Gasteiger partial charge on any atom is -0.396 e. The fraction of sp³-hybridized carbons (Fsp3) is 1.00. The molecule has 0 bridgehead atoms. The van der Waals surface area contributed by atoms with Crippen LogP contribution in [0.4, 0.5) is 0 Å². The van der Waals surface area contributed by atoms with Crippen molar-refractivity contribution >= 4 is 0 Å². The summed E-state index contributed by atoms with van der Waals surface area (Å²) in [6, 6.07) is 0. The van der Waals surface area contributed by atoms with Crippen molar-refractivity contribution in [2.24, 2.45) is 5.41 Å². The lowest BCUT2D eigenvalue weighted by Crippen LogP contribution is -2.49. The molecule has 2 N–H and O–H groups in total. The molecule has 0 amide bonds. The average Bonchev–Trinajstić information content (AvgIpc) is 2.03. The number of hydrogen-bond acceptors (Lipinski definition) is 2. The van der Waals surface area contributed by atoms with Crippen molar-refractivity contribution in [3.63, 3.8) is 0 Å². The summed E-state index contributed by atoms with van der Waals surface area (Å²) in [5.41, 5.74) is 0.646. The topological polar surface area (TPSA) is 32.3 Å². The predicted octanol–water partition coefficient (Wildman–Crippen LogP) is 1.93. The molecule has 2 nitrogen and oxygen atoms in total. The maximum atomic E-state index is 9.05. The monoisotopic (exact) mass is 185 g/mol. The van der Waals surface area contributed by atoms with E-state index in [2.05, 4.69) is 19.2 Å². The van der Waals surface area contributed by atoms with Crippen LogP contribution in [-0.4, -0.2) is 24.3 Å². The molecule has 1 saturated carbocycles. The number of rotatable bonds is 3. The molecule has 1 atom stereocenters. The summed E-state index contributed by atoms with van der Waals surface area (Å²) in [4.78, 5) is 0. The lowest BCUT2D eigenvalue weighted by atomic mass is 9.67. The zero-order chi connectivity index (χ0) is 9.95. The number of hydrogen-bond donors (Lipinski definition) is 2. The molecule has 78 valence electrons. The van der Waals surface area contributed by atoms with Crippen molar-refractivity contribution in [1.82, 2.24) is 5.32 Å². The molecule has 0 radical (unpaired) electrons. The van der Waals surface area contributed by atoms with E-state index >= 15 is 0 Å². The second kappa shape index (κ2) is 3.97. The summed E-state index contributed by atoms with van der Waals surface area (Å²) < 4.78 is 0. The van der Waals surface area contributed by atoms with Crippen molar-refractivity contribution < 1.29 is 5.11 Å². The van der Waals surface area contributed by atoms with Gasteiger partial charge in [0.2, 0.25) is 0 Å². The zero-order valence-electron chi connectivity index (χ0n) is 9.19. The predicted molar refractivity (Wildman–Crippen MR) is 55.7 cm³/mol. The maximum Gasteiger partial charge on any atom is 0.0448 e. The Kier molecular flexibility index (Phi) is 3.36. The average molecular weight is 185 g/mol. The van der Waals surface area contributed by atoms with E-state index in [-0.39, 0.29) is 5.54 Å². The van der Waals surface area contributed by atoms with Gasteiger partial charge in [-0.2, -0.15) is 0 Å². The van der Waals surface area contributed by atoms with Crippen LogP contribution >= 0.6 is 0 Å². The molecule has 0 aliphatic heterocycles. The molecule has 0 saturated heterocycles. The molecule has 0 aromatic carbocycles. The van der Waals surface area contributed by atoms with Gasteiger partial charge in [0, 0.05) is 12.1 Å². The van der Waals surface area contributed by atoms with Crippen molar-refractivity contribution in [1.29, 1.82) is 0 Å². The van der Waals surface area contributed by atoms with Crippen molar-refractivity contribution in [3.8, 4) is 0 Å². The molecule has 1 aliphatic carbocycles. The highest BCUT2D eigenvalue weighted by atomic mass is 16.3. The largest absolute Gasteiger partial charge is 0.396 e. The molecule has 2 heteroatoms. The second-order valence-corrected chi connectivity index (χ2v) is 5.20. The van der Waals surface area contributed by atoms with Crippen LogP contribution in [0.5, 0.6) is 0 Å². The van der Waals surface area contributed by atoms with Gasteiger partial charge in [-0.15, -0.1) is 0 Å². The summed E-state index contributed by atoms with van der Waals surface area (Å²) in [6.07, 6.45) is 5.91. The van der Waals surface area contributed by atoms with Crippen LogP contribution in [0.25, 0.3) is 0 Å². The van der Waals surface area contributed by atoms with Crippen LogP contribution in [0.1, 0.15) is 46.0 Å². The Morgan fingerprint density at radius 2 is 2.00 bits per heavy atom. The Labute approximate surface area is 81.7 Å². The Bertz CT molecular complexity index is 163. The third-order valence-electron chi connectivity index (χ3n) is 3.45. The quantitative estimate of drug-likeness (QED) is 0.704. The van der Waals surface area contributed by atoms with E-state index in [1.54, 1.807) is 0 Å². The van der Waals surface area contributed by atoms with E-state index in [0.717, 1.165) is 6.42 Å². The van der Waals surface area contributed by atoms with Crippen molar-refractivity contribution in [3.05, 3.63) is 0 Å². The molecule has 13 heavy (non-hydrogen) atoms. The molecule has 0 spiro atoms. The minimum atomic E-state index is 0.205. The van der Waals surface area contributed by atoms with Gasteiger partial charge < -0.3 is 10.4 Å². The van der Waals surface area contributed by atoms with Crippen LogP contribution < -0.4 is 5.32 Å². The fourth-order valence-corrected chi connectivity index (χ4v) is 2.76. The van der Waals surface area contributed by atoms with Gasteiger partial charge in [-0.3, -0.25) is 0 Å². The van der Waals surface area contributed by atoms with E-state index in [4.69, 9.17) is 5.11 Å². The Balaban J connectivity index is 2.64. The molecule has 1 unspecified atom stereocenters. The number of aliphatic hydroxyl groups excluding tert-OH is 1. The van der Waals surface area contributed by atoms with Gasteiger partial charge in [0.05, 0.1) is 0 Å². The molecule has 0 heterocycles. The maximum absolute atomic E-state index is 9.05. The first-order valence-corrected chi connectivity index (χ1v) is 5.33. The van der Waals surface area contributed by atoms with E-state index in [9.17, 15) is 0 Å². The highest BCUT2D eigenvalue weighted by molar-refractivity contribution is 4.95. The smallest absolute Gasteiger partial charge is 0.0448 e. The summed E-state index contributed by atoms with van der Waals surface area (Å²) in [7, 11) is 2.02. The normalized spacial score (nSPS) is 33.2. The number of nitrogens with one attached hydrogen (secondary N) is 1. The van der Waals surface area contributed by atoms with E-state index in [1.165, 1.54) is 25.7 Å². The standard InChI is InChI=1S/C11H23NO/c1-10(2)5-4-6-11(9-10,12-3)7-8-13/h12-13H,4-9H2,1-3H3. The van der Waals surface area contributed by atoms with Gasteiger partial charge in [-0.05, 0) is 38.1 Å². The van der Waals surface area contributed by atoms with Gasteiger partial charge in [0.1, 0.15) is 0 Å². The van der Waals surface area contributed by atoms with E-state index in [1.807, 2.05) is 7.05 Å². The van der Waals surface area contributed by atoms with Gasteiger partial charge in [0.25, 0.3) is 0 Å². The van der Waals surface area contributed by atoms with Crippen LogP contribution in [0.15, 0.2) is 0 Å². The summed E-state index contributed by atoms with van der Waals surface area (Å²) in [5.74, 6) is 0. The fourth-order valence-electron chi connectivity index (χ4n) is 2.76. The molecule has 0 aromatic rings. The highest BCUT2D eigenvalue weighted by Crippen LogP contribution is 2.42. The Morgan fingerprint density at radius 1 is 1.31 bits per heavy atom. The third-order valence-corrected chi connectivity index (χ3v) is 3.45. The van der Waals surface area contributed by atoms with Crippen molar-refractivity contribution in [2.75, 3.05) is 13.7 Å². The van der Waals surface area contributed by atoms with Crippen LogP contribution in [-0.2, 0) is 0 Å². The van der Waals surface area contributed by atoms with Crippen LogP contribution in [0, 0.1) is 5.41 Å². The van der Waals surface area contributed by atoms with Gasteiger partial charge in [-0.1, -0.05) is 20.3 Å². The lowest BCUT2D eigenvalue weighted by molar-refractivity contribution is 0.0987. The second-order valence-electron chi connectivity index (χ2n) is 5.20. The first-order valence-electron chi connectivity index (χ1n) is 5.33. The van der Waals surface area contributed by atoms with Gasteiger partial charge in [0.15, 0.2) is 0 Å². The Morgan fingerprint density at radius 3 is 2.46 bits per heavy atom. The summed E-state index contributed by atoms with van der Waals surface area (Å²) >= 11 is 0. The molecule has 1 rings (SSSR count). The summed E-state index contributed by atoms with van der Waals surface area (Å²) in [6.45, 7) is 4.96. The molecule has 1 fully saturated rings. The molecular weight excluding hydrogens is 162 g/mol. The van der Waals surface area contributed by atoms with Crippen LogP contribution in [0.3, 0.4) is 0 Å². The molecular formula is C11H23NO. The first-order chi connectivity index (χ1) is 6.04. The zero-order valence-corrected chi connectivity index (χ0v) is 9.19. The highest BCUT2D eigenvalue weighted by Gasteiger charge is 2.38. The van der Waals surface area contributed by atoms with Crippen molar-refractivity contribution in [2.45, 2.75) is 51.5 Å². The molecule has 1 aliphatic rings. The van der Waals surface area contributed by atoms with Gasteiger partial charge in [-0.25, -0.2) is 0 Å². The Hall–Kier alpha value is -0.0800. The summed E-state index contributed by atoms with van der Waals surface area (Å²) in [5, 5.41) is 12.5. The SMILES string of the molecule is CNC1(CCO)CCCC(C)(C)C1. The first kappa shape index (κ1) is 11.0. The third kappa shape index (κ3) is 2.68. The molecule has 0 aromatic heterocycles. The van der Waals surface area contributed by atoms with Gasteiger partial charge >= 0.3 is 0 Å². The lowest BCUT2D eigenvalue weighted by Gasteiger charge is -2.45. The van der Waals surface area contributed by atoms with Crippen LogP contribution in [0.2, 0.25) is 0 Å². The minimum absolute atomic E-state index is 0.205. The van der Waals surface area contributed by atoms with E-state index < -0.39 is 0 Å². The van der Waals surface area contributed by atoms with E-state index in [0.29, 0.717) is 12.0 Å².